The fourth-order valence-electron chi connectivity index (χ4n) is 3.34. The highest BCUT2D eigenvalue weighted by atomic mass is 32.2. The summed E-state index contributed by atoms with van der Waals surface area (Å²) < 4.78 is 27.8. The van der Waals surface area contributed by atoms with Gasteiger partial charge in [0.1, 0.15) is 6.54 Å². The lowest BCUT2D eigenvalue weighted by atomic mass is 10.0. The monoisotopic (exact) mass is 422 g/mol. The lowest BCUT2D eigenvalue weighted by molar-refractivity contribution is -0.114. The van der Waals surface area contributed by atoms with Crippen molar-refractivity contribution in [1.82, 2.24) is 0 Å². The number of nitrogens with one attached hydrogen (secondary N) is 1. The van der Waals surface area contributed by atoms with Crippen molar-refractivity contribution in [1.29, 1.82) is 0 Å². The molecule has 0 aromatic heterocycles. The standard InChI is InChI=1S/C24H26N2O3S/c1-3-19-12-11-13-20(4-2)24(19)25-23(27)18-26(21-14-7-5-8-15-21)30(28,29)22-16-9-6-10-17-22/h5-17H,3-4,18H2,1-2H3,(H,25,27). The van der Waals surface area contributed by atoms with Crippen LogP contribution in [0, 0.1) is 0 Å². The van der Waals surface area contributed by atoms with Crippen LogP contribution >= 0.6 is 0 Å². The average Bonchev–Trinajstić information content (AvgIpc) is 2.78. The van der Waals surface area contributed by atoms with Crippen molar-refractivity contribution in [3.63, 3.8) is 0 Å². The van der Waals surface area contributed by atoms with Crippen molar-refractivity contribution in [2.24, 2.45) is 0 Å². The summed E-state index contributed by atoms with van der Waals surface area (Å²) in [7, 11) is -3.90. The van der Waals surface area contributed by atoms with Gasteiger partial charge in [0.15, 0.2) is 0 Å². The van der Waals surface area contributed by atoms with Crippen molar-refractivity contribution in [2.75, 3.05) is 16.2 Å². The van der Waals surface area contributed by atoms with Crippen molar-refractivity contribution in [3.8, 4) is 0 Å². The molecule has 0 heterocycles. The average molecular weight is 423 g/mol. The molecule has 0 radical (unpaired) electrons. The van der Waals surface area contributed by atoms with Gasteiger partial charge in [-0.2, -0.15) is 0 Å². The molecule has 156 valence electrons. The molecule has 30 heavy (non-hydrogen) atoms. The molecule has 0 bridgehead atoms. The van der Waals surface area contributed by atoms with Crippen LogP contribution in [0.4, 0.5) is 11.4 Å². The summed E-state index contributed by atoms with van der Waals surface area (Å²) in [5.41, 5.74) is 3.27. The van der Waals surface area contributed by atoms with E-state index >= 15 is 0 Å². The van der Waals surface area contributed by atoms with Gasteiger partial charge >= 0.3 is 0 Å². The maximum atomic E-state index is 13.3. The number of nitrogens with zero attached hydrogens (tertiary/aromatic N) is 1. The van der Waals surface area contributed by atoms with Crippen LogP contribution < -0.4 is 9.62 Å². The molecule has 3 aromatic carbocycles. The van der Waals surface area contributed by atoms with Gasteiger partial charge in [-0.25, -0.2) is 8.42 Å². The van der Waals surface area contributed by atoms with Crippen LogP contribution in [0.2, 0.25) is 0 Å². The summed E-state index contributed by atoms with van der Waals surface area (Å²) in [6, 6.07) is 22.8. The van der Waals surface area contributed by atoms with Gasteiger partial charge in [-0.3, -0.25) is 9.10 Å². The van der Waals surface area contributed by atoms with E-state index in [0.717, 1.165) is 34.0 Å². The van der Waals surface area contributed by atoms with E-state index in [2.05, 4.69) is 5.32 Å². The summed E-state index contributed by atoms with van der Waals surface area (Å²) in [5.74, 6) is -0.381. The summed E-state index contributed by atoms with van der Waals surface area (Å²) in [5, 5.41) is 2.96. The first-order valence-corrected chi connectivity index (χ1v) is 11.4. The predicted molar refractivity (Wildman–Crippen MR) is 121 cm³/mol. The smallest absolute Gasteiger partial charge is 0.264 e. The highest BCUT2D eigenvalue weighted by Crippen LogP contribution is 2.25. The third-order valence-corrected chi connectivity index (χ3v) is 6.71. The highest BCUT2D eigenvalue weighted by molar-refractivity contribution is 7.92. The van der Waals surface area contributed by atoms with E-state index in [1.54, 1.807) is 42.5 Å². The molecule has 0 saturated carbocycles. The number of sulfonamides is 1. The maximum Gasteiger partial charge on any atom is 0.264 e. The first-order valence-electron chi connectivity index (χ1n) is 10.0. The molecule has 5 nitrogen and oxygen atoms in total. The second-order valence-corrected chi connectivity index (χ2v) is 8.73. The molecule has 6 heteroatoms. The number of carbonyl (C=O) groups excluding carboxylic acids is 1. The third-order valence-electron chi connectivity index (χ3n) is 4.93. The zero-order chi connectivity index (χ0) is 21.6. The number of aryl methyl sites for hydroxylation is 2. The van der Waals surface area contributed by atoms with Crippen molar-refractivity contribution < 1.29 is 13.2 Å². The minimum absolute atomic E-state index is 0.143. The Hall–Kier alpha value is -3.12. The lowest BCUT2D eigenvalue weighted by Crippen LogP contribution is -2.38. The van der Waals surface area contributed by atoms with Gasteiger partial charge in [0.2, 0.25) is 5.91 Å². The second kappa shape index (κ2) is 9.59. The third kappa shape index (κ3) is 4.71. The van der Waals surface area contributed by atoms with Crippen molar-refractivity contribution >= 4 is 27.3 Å². The molecule has 3 aromatic rings. The van der Waals surface area contributed by atoms with Gasteiger partial charge in [0, 0.05) is 5.69 Å². The molecule has 0 saturated heterocycles. The number of amides is 1. The fraction of sp³-hybridized carbons (Fsp3) is 0.208. The molecule has 3 rings (SSSR count). The number of para-hydroxylation sites is 2. The van der Waals surface area contributed by atoms with E-state index in [1.807, 2.05) is 38.1 Å². The van der Waals surface area contributed by atoms with Crippen LogP contribution in [-0.2, 0) is 27.7 Å². The zero-order valence-corrected chi connectivity index (χ0v) is 18.0. The molecule has 0 spiro atoms. The van der Waals surface area contributed by atoms with Crippen LogP contribution in [0.5, 0.6) is 0 Å². The number of benzene rings is 3. The van der Waals surface area contributed by atoms with Gasteiger partial charge in [-0.15, -0.1) is 0 Å². The molecule has 0 unspecified atom stereocenters. The Morgan fingerprint density at radius 2 is 1.33 bits per heavy atom. The Morgan fingerprint density at radius 3 is 1.87 bits per heavy atom. The second-order valence-electron chi connectivity index (χ2n) is 6.87. The number of carbonyl (C=O) groups is 1. The molecule has 1 N–H and O–H groups in total. The van der Waals surface area contributed by atoms with E-state index in [9.17, 15) is 13.2 Å². The predicted octanol–water partition coefficient (Wildman–Crippen LogP) is 4.65. The fourth-order valence-corrected chi connectivity index (χ4v) is 4.78. The normalized spacial score (nSPS) is 11.1. The van der Waals surface area contributed by atoms with Gasteiger partial charge in [0.05, 0.1) is 10.6 Å². The van der Waals surface area contributed by atoms with Crippen molar-refractivity contribution in [2.45, 2.75) is 31.6 Å². The molecule has 1 amide bonds. The molecule has 0 fully saturated rings. The summed E-state index contributed by atoms with van der Waals surface area (Å²) in [6.07, 6.45) is 1.54. The molecule has 0 aliphatic heterocycles. The van der Waals surface area contributed by atoms with E-state index in [0.29, 0.717) is 5.69 Å². The van der Waals surface area contributed by atoms with E-state index in [-0.39, 0.29) is 17.3 Å². The number of hydrogen-bond acceptors (Lipinski definition) is 3. The highest BCUT2D eigenvalue weighted by Gasteiger charge is 2.27. The van der Waals surface area contributed by atoms with E-state index in [1.165, 1.54) is 12.1 Å². The van der Waals surface area contributed by atoms with Crippen LogP contribution in [-0.4, -0.2) is 20.9 Å². The van der Waals surface area contributed by atoms with Gasteiger partial charge in [0.25, 0.3) is 10.0 Å². The maximum absolute atomic E-state index is 13.3. The number of hydrogen-bond donors (Lipinski definition) is 1. The first-order chi connectivity index (χ1) is 14.5. The Bertz CT molecular complexity index is 1080. The van der Waals surface area contributed by atoms with Crippen LogP contribution in [0.3, 0.4) is 0 Å². The van der Waals surface area contributed by atoms with Crippen molar-refractivity contribution in [3.05, 3.63) is 90.0 Å². The minimum atomic E-state index is -3.90. The number of rotatable bonds is 8. The van der Waals surface area contributed by atoms with E-state index < -0.39 is 10.0 Å². The molecular weight excluding hydrogens is 396 g/mol. The van der Waals surface area contributed by atoms with Crippen LogP contribution in [0.1, 0.15) is 25.0 Å². The molecule has 0 aliphatic rings. The minimum Gasteiger partial charge on any atom is -0.324 e. The van der Waals surface area contributed by atoms with Gasteiger partial charge in [-0.1, -0.05) is 68.4 Å². The summed E-state index contributed by atoms with van der Waals surface area (Å²) in [4.78, 5) is 13.1. The molecule has 0 aliphatic carbocycles. The summed E-state index contributed by atoms with van der Waals surface area (Å²) >= 11 is 0. The largest absolute Gasteiger partial charge is 0.324 e. The Balaban J connectivity index is 1.95. The summed E-state index contributed by atoms with van der Waals surface area (Å²) in [6.45, 7) is 3.74. The Morgan fingerprint density at radius 1 is 0.800 bits per heavy atom. The first kappa shape index (κ1) is 21.6. The van der Waals surface area contributed by atoms with Gasteiger partial charge < -0.3 is 5.32 Å². The molecule has 0 atom stereocenters. The Labute approximate surface area is 178 Å². The number of anilines is 2. The van der Waals surface area contributed by atoms with Crippen LogP contribution in [0.25, 0.3) is 0 Å². The van der Waals surface area contributed by atoms with Gasteiger partial charge in [-0.05, 0) is 48.2 Å². The quantitative estimate of drug-likeness (QED) is 0.575. The topological polar surface area (TPSA) is 66.5 Å². The SMILES string of the molecule is CCc1cccc(CC)c1NC(=O)CN(c1ccccc1)S(=O)(=O)c1ccccc1. The lowest BCUT2D eigenvalue weighted by Gasteiger charge is -2.24. The van der Waals surface area contributed by atoms with E-state index in [4.69, 9.17) is 0 Å². The zero-order valence-electron chi connectivity index (χ0n) is 17.2. The van der Waals surface area contributed by atoms with Crippen LogP contribution in [0.15, 0.2) is 83.8 Å². The Kier molecular flexibility index (Phi) is 6.90. The molecular formula is C24H26N2O3S.